The first kappa shape index (κ1) is 17.4. The number of allylic oxidation sites excluding steroid dienone is 2. The van der Waals surface area contributed by atoms with Gasteiger partial charge in [0.25, 0.3) is 0 Å². The number of aryl methyl sites for hydroxylation is 1. The maximum absolute atomic E-state index is 11.7. The lowest BCUT2D eigenvalue weighted by atomic mass is 9.77. The molecular formula is C21H18N2O3S. The molecule has 4 rings (SSSR count). The fourth-order valence-electron chi connectivity index (χ4n) is 3.79. The molecule has 2 N–H and O–H groups in total. The van der Waals surface area contributed by atoms with E-state index in [0.717, 1.165) is 29.5 Å². The molecule has 0 saturated carbocycles. The lowest BCUT2D eigenvalue weighted by Gasteiger charge is -2.33. The number of rotatable bonds is 2. The van der Waals surface area contributed by atoms with E-state index in [-0.39, 0.29) is 16.7 Å². The van der Waals surface area contributed by atoms with E-state index in [0.29, 0.717) is 11.3 Å². The molecule has 0 amide bonds. The molecule has 0 fully saturated rings. The van der Waals surface area contributed by atoms with Crippen molar-refractivity contribution in [2.24, 2.45) is 5.73 Å². The molecule has 1 unspecified atom stereocenters. The van der Waals surface area contributed by atoms with Gasteiger partial charge in [0.15, 0.2) is 9.84 Å². The van der Waals surface area contributed by atoms with E-state index in [1.807, 2.05) is 18.2 Å². The lowest BCUT2D eigenvalue weighted by molar-refractivity contribution is 0.349. The van der Waals surface area contributed by atoms with Crippen LogP contribution in [0.5, 0.6) is 0 Å². The van der Waals surface area contributed by atoms with Crippen molar-refractivity contribution in [2.75, 3.05) is 6.26 Å². The average Bonchev–Trinajstić information content (AvgIpc) is 2.66. The highest BCUT2D eigenvalue weighted by Gasteiger charge is 2.35. The third-order valence-electron chi connectivity index (χ3n) is 5.09. The SMILES string of the molecule is CS(=O)(=O)c1ccc(C2C(C#N)=C(N)OC3=C2CCc2ccccc23)cc1. The maximum atomic E-state index is 11.7. The molecule has 1 heterocycles. The zero-order valence-electron chi connectivity index (χ0n) is 14.8. The number of nitrogens with zero attached hydrogens (tertiary/aromatic N) is 1. The molecule has 1 aliphatic carbocycles. The van der Waals surface area contributed by atoms with E-state index in [1.165, 1.54) is 11.8 Å². The zero-order chi connectivity index (χ0) is 19.2. The van der Waals surface area contributed by atoms with Gasteiger partial charge >= 0.3 is 0 Å². The predicted octanol–water partition coefficient (Wildman–Crippen LogP) is 3.26. The first-order valence-electron chi connectivity index (χ1n) is 8.59. The Labute approximate surface area is 158 Å². The Hall–Kier alpha value is -3.04. The fraction of sp³-hybridized carbons (Fsp3) is 0.190. The second-order valence-electron chi connectivity index (χ2n) is 6.78. The summed E-state index contributed by atoms with van der Waals surface area (Å²) in [6.07, 6.45) is 2.78. The quantitative estimate of drug-likeness (QED) is 0.866. The number of hydrogen-bond donors (Lipinski definition) is 1. The number of hydrogen-bond acceptors (Lipinski definition) is 5. The van der Waals surface area contributed by atoms with Gasteiger partial charge in [-0.15, -0.1) is 0 Å². The minimum absolute atomic E-state index is 0.102. The van der Waals surface area contributed by atoms with Gasteiger partial charge in [0.1, 0.15) is 17.4 Å². The van der Waals surface area contributed by atoms with E-state index in [2.05, 4.69) is 12.1 Å². The van der Waals surface area contributed by atoms with Crippen LogP contribution in [0.1, 0.15) is 29.0 Å². The maximum Gasteiger partial charge on any atom is 0.205 e. The minimum Gasteiger partial charge on any atom is -0.440 e. The summed E-state index contributed by atoms with van der Waals surface area (Å²) >= 11 is 0. The number of ether oxygens (including phenoxy) is 1. The van der Waals surface area contributed by atoms with Crippen molar-refractivity contribution in [3.8, 4) is 6.07 Å². The van der Waals surface area contributed by atoms with E-state index in [4.69, 9.17) is 10.5 Å². The second-order valence-corrected chi connectivity index (χ2v) is 8.79. The summed E-state index contributed by atoms with van der Waals surface area (Å²) in [6.45, 7) is 0. The third-order valence-corrected chi connectivity index (χ3v) is 6.22. The molecule has 0 saturated heterocycles. The molecule has 2 aromatic rings. The molecule has 27 heavy (non-hydrogen) atoms. The Morgan fingerprint density at radius 1 is 1.11 bits per heavy atom. The van der Waals surface area contributed by atoms with Crippen molar-refractivity contribution in [3.63, 3.8) is 0 Å². The molecular weight excluding hydrogens is 360 g/mol. The molecule has 136 valence electrons. The molecule has 0 aromatic heterocycles. The standard InChI is InChI=1S/C21H18N2O3S/c1-27(24,25)15-9-6-14(7-10-15)19-17-11-8-13-4-2-3-5-16(13)20(17)26-21(23)18(19)12-22/h2-7,9-10,19H,8,11,23H2,1H3. The number of nitriles is 1. The van der Waals surface area contributed by atoms with Gasteiger partial charge in [-0.3, -0.25) is 0 Å². The van der Waals surface area contributed by atoms with Crippen LogP contribution in [0.4, 0.5) is 0 Å². The van der Waals surface area contributed by atoms with Crippen LogP contribution < -0.4 is 5.73 Å². The Kier molecular flexibility index (Phi) is 4.05. The van der Waals surface area contributed by atoms with Gasteiger partial charge in [-0.1, -0.05) is 36.4 Å². The van der Waals surface area contributed by atoms with Crippen LogP contribution in [0.2, 0.25) is 0 Å². The summed E-state index contributed by atoms with van der Waals surface area (Å²) in [6, 6.07) is 16.8. The van der Waals surface area contributed by atoms with E-state index >= 15 is 0 Å². The predicted molar refractivity (Wildman–Crippen MR) is 102 cm³/mol. The summed E-state index contributed by atoms with van der Waals surface area (Å²) < 4.78 is 29.4. The highest BCUT2D eigenvalue weighted by molar-refractivity contribution is 7.90. The molecule has 2 aromatic carbocycles. The fourth-order valence-corrected chi connectivity index (χ4v) is 4.42. The highest BCUT2D eigenvalue weighted by Crippen LogP contribution is 2.47. The monoisotopic (exact) mass is 378 g/mol. The smallest absolute Gasteiger partial charge is 0.205 e. The van der Waals surface area contributed by atoms with E-state index < -0.39 is 9.84 Å². The number of fused-ring (bicyclic) bond motifs is 2. The zero-order valence-corrected chi connectivity index (χ0v) is 15.6. The normalized spacial score (nSPS) is 19.0. The van der Waals surface area contributed by atoms with Gasteiger partial charge in [-0.25, -0.2) is 8.42 Å². The molecule has 0 bridgehead atoms. The Balaban J connectivity index is 1.88. The number of benzene rings is 2. The van der Waals surface area contributed by atoms with Crippen LogP contribution in [0.3, 0.4) is 0 Å². The number of nitrogens with two attached hydrogens (primary N) is 1. The van der Waals surface area contributed by atoms with Gasteiger partial charge in [0.05, 0.1) is 4.90 Å². The first-order valence-corrected chi connectivity index (χ1v) is 10.5. The molecule has 1 aliphatic heterocycles. The van der Waals surface area contributed by atoms with Crippen LogP contribution in [0, 0.1) is 11.3 Å². The Bertz CT molecular complexity index is 1140. The number of sulfone groups is 1. The van der Waals surface area contributed by atoms with Gasteiger partial charge < -0.3 is 10.5 Å². The van der Waals surface area contributed by atoms with Crippen molar-refractivity contribution in [1.29, 1.82) is 5.26 Å². The molecule has 6 heteroatoms. The van der Waals surface area contributed by atoms with Crippen LogP contribution in [-0.4, -0.2) is 14.7 Å². The molecule has 1 atom stereocenters. The van der Waals surface area contributed by atoms with E-state index in [1.54, 1.807) is 24.3 Å². The summed E-state index contributed by atoms with van der Waals surface area (Å²) in [5.74, 6) is 0.483. The van der Waals surface area contributed by atoms with Crippen molar-refractivity contribution < 1.29 is 13.2 Å². The largest absolute Gasteiger partial charge is 0.440 e. The minimum atomic E-state index is -3.28. The highest BCUT2D eigenvalue weighted by atomic mass is 32.2. The summed E-state index contributed by atoms with van der Waals surface area (Å²) in [5, 5.41) is 9.68. The molecule has 2 aliphatic rings. The van der Waals surface area contributed by atoms with Crippen molar-refractivity contribution >= 4 is 15.6 Å². The van der Waals surface area contributed by atoms with Crippen molar-refractivity contribution in [1.82, 2.24) is 0 Å². The topological polar surface area (TPSA) is 93.2 Å². The van der Waals surface area contributed by atoms with Gasteiger partial charge in [-0.05, 0) is 41.7 Å². The lowest BCUT2D eigenvalue weighted by Crippen LogP contribution is -2.23. The van der Waals surface area contributed by atoms with Gasteiger partial charge in [-0.2, -0.15) is 5.26 Å². The van der Waals surface area contributed by atoms with Crippen LogP contribution in [0.15, 0.2) is 70.5 Å². The summed E-state index contributed by atoms with van der Waals surface area (Å²) in [7, 11) is -3.28. The molecule has 5 nitrogen and oxygen atoms in total. The van der Waals surface area contributed by atoms with Crippen LogP contribution in [0.25, 0.3) is 5.76 Å². The van der Waals surface area contributed by atoms with Crippen molar-refractivity contribution in [2.45, 2.75) is 23.7 Å². The second kappa shape index (κ2) is 6.29. The van der Waals surface area contributed by atoms with E-state index in [9.17, 15) is 13.7 Å². The summed E-state index contributed by atoms with van der Waals surface area (Å²) in [4.78, 5) is 0.247. The Morgan fingerprint density at radius 2 is 1.81 bits per heavy atom. The van der Waals surface area contributed by atoms with Gasteiger partial charge in [0, 0.05) is 17.7 Å². The van der Waals surface area contributed by atoms with Crippen LogP contribution >= 0.6 is 0 Å². The summed E-state index contributed by atoms with van der Waals surface area (Å²) in [5.41, 5.74) is 10.5. The first-order chi connectivity index (χ1) is 12.9. The third kappa shape index (κ3) is 2.90. The van der Waals surface area contributed by atoms with Crippen LogP contribution in [-0.2, 0) is 21.0 Å². The molecule has 0 spiro atoms. The molecule has 0 radical (unpaired) electrons. The van der Waals surface area contributed by atoms with Crippen molar-refractivity contribution in [3.05, 3.63) is 82.3 Å². The van der Waals surface area contributed by atoms with Gasteiger partial charge in [0.2, 0.25) is 5.88 Å². The Morgan fingerprint density at radius 3 is 2.48 bits per heavy atom. The average molecular weight is 378 g/mol.